The molecule has 0 aliphatic heterocycles. The molecule has 6 heteroatoms. The van der Waals surface area contributed by atoms with Crippen LogP contribution in [0.1, 0.15) is 34.8 Å². The number of amides is 1. The van der Waals surface area contributed by atoms with E-state index in [1.165, 1.54) is 11.3 Å². The number of aryl methyl sites for hydroxylation is 1. The Hall–Kier alpha value is -1.43. The SMILES string of the molecule is Cc1nc(C(=O)NC2(C(=O)O)CCC2)cs1. The van der Waals surface area contributed by atoms with Crippen molar-refractivity contribution in [1.29, 1.82) is 0 Å². The summed E-state index contributed by atoms with van der Waals surface area (Å²) in [5, 5.41) is 14.0. The molecule has 2 N–H and O–H groups in total. The van der Waals surface area contributed by atoms with E-state index in [1.807, 2.05) is 0 Å². The highest BCUT2D eigenvalue weighted by Gasteiger charge is 2.45. The minimum Gasteiger partial charge on any atom is -0.480 e. The van der Waals surface area contributed by atoms with Crippen molar-refractivity contribution in [2.75, 3.05) is 0 Å². The fraction of sp³-hybridized carbons (Fsp3) is 0.500. The molecule has 0 radical (unpaired) electrons. The van der Waals surface area contributed by atoms with E-state index in [9.17, 15) is 9.59 Å². The van der Waals surface area contributed by atoms with Crippen LogP contribution in [0.2, 0.25) is 0 Å². The van der Waals surface area contributed by atoms with Gasteiger partial charge in [-0.3, -0.25) is 4.79 Å². The summed E-state index contributed by atoms with van der Waals surface area (Å²) >= 11 is 1.37. The first kappa shape index (κ1) is 11.1. The molecule has 0 bridgehead atoms. The van der Waals surface area contributed by atoms with Gasteiger partial charge in [0.15, 0.2) is 0 Å². The maximum atomic E-state index is 11.7. The van der Waals surface area contributed by atoms with Crippen LogP contribution in [0.5, 0.6) is 0 Å². The molecule has 1 aromatic heterocycles. The van der Waals surface area contributed by atoms with Crippen molar-refractivity contribution < 1.29 is 14.7 Å². The second-order valence-corrected chi connectivity index (χ2v) is 5.01. The van der Waals surface area contributed by atoms with Gasteiger partial charge < -0.3 is 10.4 Å². The smallest absolute Gasteiger partial charge is 0.329 e. The molecule has 1 aliphatic carbocycles. The van der Waals surface area contributed by atoms with E-state index < -0.39 is 17.4 Å². The average molecular weight is 240 g/mol. The van der Waals surface area contributed by atoms with Gasteiger partial charge in [-0.15, -0.1) is 11.3 Å². The molecule has 1 aliphatic rings. The summed E-state index contributed by atoms with van der Waals surface area (Å²) < 4.78 is 0. The van der Waals surface area contributed by atoms with E-state index in [1.54, 1.807) is 12.3 Å². The lowest BCUT2D eigenvalue weighted by Gasteiger charge is -2.37. The molecule has 1 saturated carbocycles. The van der Waals surface area contributed by atoms with Gasteiger partial charge in [0.1, 0.15) is 11.2 Å². The zero-order valence-corrected chi connectivity index (χ0v) is 9.63. The highest BCUT2D eigenvalue weighted by molar-refractivity contribution is 7.09. The standard InChI is InChI=1S/C10H12N2O3S/c1-6-11-7(5-16-6)8(13)12-10(9(14)15)3-2-4-10/h5H,2-4H2,1H3,(H,12,13)(H,14,15). The molecule has 2 rings (SSSR count). The van der Waals surface area contributed by atoms with Crippen LogP contribution in [0.4, 0.5) is 0 Å². The normalized spacial score (nSPS) is 17.6. The first-order valence-electron chi connectivity index (χ1n) is 5.01. The van der Waals surface area contributed by atoms with Crippen molar-refractivity contribution in [3.05, 3.63) is 16.1 Å². The van der Waals surface area contributed by atoms with E-state index in [0.29, 0.717) is 18.5 Å². The lowest BCUT2D eigenvalue weighted by molar-refractivity contribution is -0.148. The van der Waals surface area contributed by atoms with E-state index in [0.717, 1.165) is 11.4 Å². The maximum absolute atomic E-state index is 11.7. The summed E-state index contributed by atoms with van der Waals surface area (Å²) in [6.45, 7) is 1.80. The third kappa shape index (κ3) is 1.80. The van der Waals surface area contributed by atoms with Crippen molar-refractivity contribution in [3.63, 3.8) is 0 Å². The molecular formula is C10H12N2O3S. The monoisotopic (exact) mass is 240 g/mol. The number of aromatic nitrogens is 1. The Labute approximate surface area is 96.5 Å². The first-order chi connectivity index (χ1) is 7.53. The van der Waals surface area contributed by atoms with E-state index in [-0.39, 0.29) is 0 Å². The molecule has 1 heterocycles. The number of carboxylic acids is 1. The summed E-state index contributed by atoms with van der Waals surface area (Å²) in [5.41, 5.74) is -0.760. The van der Waals surface area contributed by atoms with Gasteiger partial charge in [0.05, 0.1) is 5.01 Å². The number of carbonyl (C=O) groups excluding carboxylic acids is 1. The highest BCUT2D eigenvalue weighted by atomic mass is 32.1. The molecule has 1 aromatic rings. The molecule has 0 aromatic carbocycles. The minimum absolute atomic E-state index is 0.301. The van der Waals surface area contributed by atoms with Crippen LogP contribution >= 0.6 is 11.3 Å². The number of hydrogen-bond acceptors (Lipinski definition) is 4. The number of nitrogens with one attached hydrogen (secondary N) is 1. The summed E-state index contributed by atoms with van der Waals surface area (Å²) in [6.07, 6.45) is 1.83. The predicted octanol–water partition coefficient (Wildman–Crippen LogP) is 1.19. The summed E-state index contributed by atoms with van der Waals surface area (Å²) in [6, 6.07) is 0. The van der Waals surface area contributed by atoms with Gasteiger partial charge in [-0.05, 0) is 26.2 Å². The van der Waals surface area contributed by atoms with Crippen LogP contribution in [0.3, 0.4) is 0 Å². The molecule has 0 spiro atoms. The van der Waals surface area contributed by atoms with Gasteiger partial charge in [0.25, 0.3) is 5.91 Å². The molecule has 1 fully saturated rings. The lowest BCUT2D eigenvalue weighted by atomic mass is 9.76. The number of carboxylic acid groups (broad SMARTS) is 1. The molecule has 16 heavy (non-hydrogen) atoms. The summed E-state index contributed by atoms with van der Waals surface area (Å²) in [5.74, 6) is -1.36. The molecule has 5 nitrogen and oxygen atoms in total. The Morgan fingerprint density at radius 3 is 2.62 bits per heavy atom. The highest BCUT2D eigenvalue weighted by Crippen LogP contribution is 2.32. The van der Waals surface area contributed by atoms with Gasteiger partial charge in [0, 0.05) is 5.38 Å². The van der Waals surface area contributed by atoms with Gasteiger partial charge in [-0.25, -0.2) is 9.78 Å². The number of rotatable bonds is 3. The van der Waals surface area contributed by atoms with Crippen LogP contribution in [-0.2, 0) is 4.79 Å². The zero-order valence-electron chi connectivity index (χ0n) is 8.82. The second-order valence-electron chi connectivity index (χ2n) is 3.95. The zero-order chi connectivity index (χ0) is 11.8. The van der Waals surface area contributed by atoms with Crippen molar-refractivity contribution in [1.82, 2.24) is 10.3 Å². The van der Waals surface area contributed by atoms with Crippen molar-refractivity contribution >= 4 is 23.2 Å². The number of thiazole rings is 1. The number of nitrogens with zero attached hydrogens (tertiary/aromatic N) is 1. The van der Waals surface area contributed by atoms with Gasteiger partial charge in [-0.1, -0.05) is 0 Å². The molecule has 0 atom stereocenters. The van der Waals surface area contributed by atoms with Crippen LogP contribution in [-0.4, -0.2) is 27.5 Å². The second kappa shape index (κ2) is 3.86. The van der Waals surface area contributed by atoms with Crippen LogP contribution in [0.25, 0.3) is 0 Å². The first-order valence-corrected chi connectivity index (χ1v) is 5.89. The summed E-state index contributed by atoms with van der Waals surface area (Å²) in [7, 11) is 0. The molecule has 0 unspecified atom stereocenters. The van der Waals surface area contributed by atoms with Gasteiger partial charge in [-0.2, -0.15) is 0 Å². The third-order valence-corrected chi connectivity index (χ3v) is 3.59. The largest absolute Gasteiger partial charge is 0.480 e. The summed E-state index contributed by atoms with van der Waals surface area (Å²) in [4.78, 5) is 26.8. The number of aliphatic carboxylic acids is 1. The molecule has 1 amide bonds. The number of carbonyl (C=O) groups is 2. The Morgan fingerprint density at radius 2 is 2.25 bits per heavy atom. The maximum Gasteiger partial charge on any atom is 0.329 e. The van der Waals surface area contributed by atoms with Crippen LogP contribution in [0, 0.1) is 6.92 Å². The van der Waals surface area contributed by atoms with Gasteiger partial charge in [0.2, 0.25) is 0 Å². The number of hydrogen-bond donors (Lipinski definition) is 2. The topological polar surface area (TPSA) is 79.3 Å². The lowest BCUT2D eigenvalue weighted by Crippen LogP contribution is -2.59. The van der Waals surface area contributed by atoms with Crippen molar-refractivity contribution in [3.8, 4) is 0 Å². The quantitative estimate of drug-likeness (QED) is 0.831. The van der Waals surface area contributed by atoms with E-state index in [2.05, 4.69) is 10.3 Å². The van der Waals surface area contributed by atoms with Gasteiger partial charge >= 0.3 is 5.97 Å². The van der Waals surface area contributed by atoms with Crippen molar-refractivity contribution in [2.45, 2.75) is 31.7 Å². The molecule has 0 saturated heterocycles. The fourth-order valence-electron chi connectivity index (χ4n) is 1.67. The Kier molecular flexibility index (Phi) is 2.67. The predicted molar refractivity (Wildman–Crippen MR) is 58.5 cm³/mol. The Bertz CT molecular complexity index is 437. The third-order valence-electron chi connectivity index (χ3n) is 2.82. The van der Waals surface area contributed by atoms with Crippen LogP contribution < -0.4 is 5.32 Å². The van der Waals surface area contributed by atoms with E-state index >= 15 is 0 Å². The average Bonchev–Trinajstić information content (AvgIpc) is 2.57. The Balaban J connectivity index is 2.10. The van der Waals surface area contributed by atoms with Crippen LogP contribution in [0.15, 0.2) is 5.38 Å². The van der Waals surface area contributed by atoms with E-state index in [4.69, 9.17) is 5.11 Å². The molecule has 86 valence electrons. The Morgan fingerprint density at radius 1 is 1.56 bits per heavy atom. The fourth-order valence-corrected chi connectivity index (χ4v) is 2.26. The minimum atomic E-state index is -1.06. The van der Waals surface area contributed by atoms with Crippen molar-refractivity contribution in [2.24, 2.45) is 0 Å². The molecular weight excluding hydrogens is 228 g/mol.